The molecule has 82 valence electrons. The van der Waals surface area contributed by atoms with E-state index in [1.807, 2.05) is 0 Å². The summed E-state index contributed by atoms with van der Waals surface area (Å²) in [5, 5.41) is 2.78. The van der Waals surface area contributed by atoms with Gasteiger partial charge in [0.05, 0.1) is 6.10 Å². The fourth-order valence-corrected chi connectivity index (χ4v) is 1.72. The van der Waals surface area contributed by atoms with E-state index in [1.54, 1.807) is 0 Å². The third kappa shape index (κ3) is 4.11. The zero-order valence-corrected chi connectivity index (χ0v) is 10.2. The normalized spacial score (nSPS) is 26.0. The third-order valence-electron chi connectivity index (χ3n) is 2.16. The highest BCUT2D eigenvalue weighted by atomic mass is 33.1. The number of hydrogen-bond acceptors (Lipinski definition) is 4. The number of ether oxygens (including phenoxy) is 1. The number of thiol groups is 1. The molecule has 0 aromatic carbocycles. The second-order valence-corrected chi connectivity index (χ2v) is 5.14. The average Bonchev–Trinajstić information content (AvgIpc) is 2.07. The topological polar surface area (TPSA) is 38.3 Å². The number of nitrogens with one attached hydrogen (secondary N) is 1. The summed E-state index contributed by atoms with van der Waals surface area (Å²) in [6.07, 6.45) is 2.21. The number of rotatable bonds is 4. The minimum atomic E-state index is -0.0688. The van der Waals surface area contributed by atoms with Gasteiger partial charge in [-0.3, -0.25) is 4.79 Å². The molecule has 1 saturated carbocycles. The largest absolute Gasteiger partial charge is 0.378 e. The summed E-state index contributed by atoms with van der Waals surface area (Å²) in [6, 6.07) is 0.291. The van der Waals surface area contributed by atoms with Crippen LogP contribution in [0.15, 0.2) is 0 Å². The van der Waals surface area contributed by atoms with Gasteiger partial charge in [-0.15, -0.1) is 11.7 Å². The van der Waals surface area contributed by atoms with Crippen LogP contribution in [-0.4, -0.2) is 24.0 Å². The van der Waals surface area contributed by atoms with Gasteiger partial charge in [0.25, 0.3) is 5.24 Å². The summed E-state index contributed by atoms with van der Waals surface area (Å²) in [5.41, 5.74) is 0. The second kappa shape index (κ2) is 5.88. The van der Waals surface area contributed by atoms with Gasteiger partial charge in [0.15, 0.2) is 0 Å². The van der Waals surface area contributed by atoms with Gasteiger partial charge in [-0.25, -0.2) is 0 Å². The summed E-state index contributed by atoms with van der Waals surface area (Å²) in [6.45, 7) is 5.08. The van der Waals surface area contributed by atoms with Crippen molar-refractivity contribution < 1.29 is 9.53 Å². The lowest BCUT2D eigenvalue weighted by molar-refractivity contribution is -0.0247. The molecule has 0 heterocycles. The molecule has 0 radical (unpaired) electrons. The van der Waals surface area contributed by atoms with Crippen molar-refractivity contribution in [2.45, 2.75) is 38.8 Å². The molecule has 1 aliphatic carbocycles. The van der Waals surface area contributed by atoms with E-state index in [0.29, 0.717) is 18.1 Å². The van der Waals surface area contributed by atoms with Crippen LogP contribution >= 0.6 is 22.5 Å². The molecule has 1 N–H and O–H groups in total. The lowest BCUT2D eigenvalue weighted by Crippen LogP contribution is -2.46. The molecule has 1 rings (SSSR count). The first kappa shape index (κ1) is 12.2. The van der Waals surface area contributed by atoms with Gasteiger partial charge in [-0.1, -0.05) is 13.8 Å². The van der Waals surface area contributed by atoms with Crippen molar-refractivity contribution in [1.29, 1.82) is 0 Å². The number of hydrogen-bond donors (Lipinski definition) is 2. The maximum Gasteiger partial charge on any atom is 0.289 e. The predicted octanol–water partition coefficient (Wildman–Crippen LogP) is 2.48. The monoisotopic (exact) mass is 235 g/mol. The van der Waals surface area contributed by atoms with E-state index >= 15 is 0 Å². The molecule has 0 aliphatic heterocycles. The van der Waals surface area contributed by atoms with Crippen molar-refractivity contribution in [3.8, 4) is 0 Å². The van der Waals surface area contributed by atoms with Gasteiger partial charge >= 0.3 is 0 Å². The standard InChI is InChI=1S/C9H17NO2S2/c1-6(2)5-12-8-3-7(4-8)10-9(11)14-13/h6-8,13H,3-5H2,1-2H3,(H,10,11)/t7-,8+. The minimum Gasteiger partial charge on any atom is -0.378 e. The zero-order valence-electron chi connectivity index (χ0n) is 8.53. The Kier molecular flexibility index (Phi) is 5.12. The SMILES string of the molecule is CC(C)CO[C@H]1C[C@@H](NC(=O)SS)C1. The van der Waals surface area contributed by atoms with Crippen molar-refractivity contribution >= 4 is 27.7 Å². The first-order chi connectivity index (χ1) is 6.61. The van der Waals surface area contributed by atoms with Gasteiger partial charge in [0.2, 0.25) is 0 Å². The van der Waals surface area contributed by atoms with Crippen LogP contribution in [0.5, 0.6) is 0 Å². The molecule has 0 atom stereocenters. The summed E-state index contributed by atoms with van der Waals surface area (Å²) in [4.78, 5) is 10.9. The molecule has 0 saturated heterocycles. The van der Waals surface area contributed by atoms with Crippen molar-refractivity contribution in [1.82, 2.24) is 5.32 Å². The molecule has 1 fully saturated rings. The lowest BCUT2D eigenvalue weighted by atomic mass is 9.89. The smallest absolute Gasteiger partial charge is 0.289 e. The van der Waals surface area contributed by atoms with E-state index in [-0.39, 0.29) is 5.24 Å². The molecular weight excluding hydrogens is 218 g/mol. The Labute approximate surface area is 94.2 Å². The highest BCUT2D eigenvalue weighted by Crippen LogP contribution is 2.24. The molecule has 1 aliphatic rings. The minimum absolute atomic E-state index is 0.0688. The van der Waals surface area contributed by atoms with E-state index < -0.39 is 0 Å². The van der Waals surface area contributed by atoms with Crippen LogP contribution in [0, 0.1) is 5.92 Å². The quantitative estimate of drug-likeness (QED) is 0.581. The fourth-order valence-electron chi connectivity index (χ4n) is 1.34. The van der Waals surface area contributed by atoms with Crippen molar-refractivity contribution in [3.63, 3.8) is 0 Å². The van der Waals surface area contributed by atoms with Crippen molar-refractivity contribution in [2.75, 3.05) is 6.61 Å². The highest BCUT2D eigenvalue weighted by molar-refractivity contribution is 8.74. The van der Waals surface area contributed by atoms with Gasteiger partial charge in [-0.2, -0.15) is 0 Å². The predicted molar refractivity (Wildman–Crippen MR) is 62.7 cm³/mol. The van der Waals surface area contributed by atoms with E-state index in [2.05, 4.69) is 30.8 Å². The second-order valence-electron chi connectivity index (χ2n) is 4.04. The Morgan fingerprint density at radius 2 is 2.29 bits per heavy atom. The number of amides is 1. The summed E-state index contributed by atoms with van der Waals surface area (Å²) in [7, 11) is 0.925. The van der Waals surface area contributed by atoms with E-state index in [1.165, 1.54) is 0 Å². The van der Waals surface area contributed by atoms with Crippen molar-refractivity contribution in [3.05, 3.63) is 0 Å². The summed E-state index contributed by atoms with van der Waals surface area (Å²) in [5.74, 6) is 0.580. The average molecular weight is 235 g/mol. The molecule has 5 heteroatoms. The van der Waals surface area contributed by atoms with E-state index in [4.69, 9.17) is 4.74 Å². The van der Waals surface area contributed by atoms with Crippen LogP contribution in [-0.2, 0) is 4.74 Å². The summed E-state index contributed by atoms with van der Waals surface area (Å²) < 4.78 is 5.61. The van der Waals surface area contributed by atoms with Crippen molar-refractivity contribution in [2.24, 2.45) is 5.92 Å². The molecule has 0 aromatic heterocycles. The molecule has 14 heavy (non-hydrogen) atoms. The molecule has 0 bridgehead atoms. The lowest BCUT2D eigenvalue weighted by Gasteiger charge is -2.35. The molecule has 3 nitrogen and oxygen atoms in total. The maximum atomic E-state index is 10.9. The van der Waals surface area contributed by atoms with Gasteiger partial charge < -0.3 is 10.1 Å². The van der Waals surface area contributed by atoms with Crippen LogP contribution in [0.1, 0.15) is 26.7 Å². The molecule has 1 amide bonds. The molecular formula is C9H17NO2S2. The third-order valence-corrected chi connectivity index (χ3v) is 2.95. The number of carbonyl (C=O) groups is 1. The van der Waals surface area contributed by atoms with Crippen LogP contribution < -0.4 is 5.32 Å². The van der Waals surface area contributed by atoms with Crippen LogP contribution in [0.25, 0.3) is 0 Å². The highest BCUT2D eigenvalue weighted by Gasteiger charge is 2.30. The summed E-state index contributed by atoms with van der Waals surface area (Å²) >= 11 is 3.82. The Bertz CT molecular complexity index is 193. The Morgan fingerprint density at radius 1 is 1.64 bits per heavy atom. The zero-order chi connectivity index (χ0) is 10.6. The molecule has 0 spiro atoms. The van der Waals surface area contributed by atoms with Gasteiger partial charge in [0, 0.05) is 23.4 Å². The fraction of sp³-hybridized carbons (Fsp3) is 0.889. The van der Waals surface area contributed by atoms with E-state index in [9.17, 15) is 4.79 Å². The molecule has 0 aromatic rings. The van der Waals surface area contributed by atoms with Crippen LogP contribution in [0.3, 0.4) is 0 Å². The number of carbonyl (C=O) groups excluding carboxylic acids is 1. The maximum absolute atomic E-state index is 10.9. The Morgan fingerprint density at radius 3 is 2.79 bits per heavy atom. The molecule has 0 unspecified atom stereocenters. The van der Waals surface area contributed by atoms with Crippen LogP contribution in [0.2, 0.25) is 0 Å². The first-order valence-corrected chi connectivity index (χ1v) is 6.72. The van der Waals surface area contributed by atoms with E-state index in [0.717, 1.165) is 30.2 Å². The Hall–Kier alpha value is 0.130. The Balaban J connectivity index is 2.03. The van der Waals surface area contributed by atoms with Crippen LogP contribution in [0.4, 0.5) is 4.79 Å². The van der Waals surface area contributed by atoms with Gasteiger partial charge in [0.1, 0.15) is 0 Å². The first-order valence-electron chi connectivity index (χ1n) is 4.85. The van der Waals surface area contributed by atoms with Gasteiger partial charge in [-0.05, 0) is 18.8 Å².